The van der Waals surface area contributed by atoms with Crippen molar-refractivity contribution in [1.82, 2.24) is 74.4 Å². The minimum absolute atomic E-state index is 0. The molecule has 2 fully saturated rings. The van der Waals surface area contributed by atoms with E-state index in [1.807, 2.05) is 39.8 Å². The molecule has 6 aromatic heterocycles. The van der Waals surface area contributed by atoms with Crippen LogP contribution in [-0.2, 0) is 103 Å². The molecule has 4 atom stereocenters. The maximum atomic E-state index is 13.8. The molecule has 122 heavy (non-hydrogen) atoms. The molecule has 37 nitrogen and oxygen atoms in total. The Morgan fingerprint density at radius 3 is 1.52 bits per heavy atom. The van der Waals surface area contributed by atoms with Crippen molar-refractivity contribution in [2.24, 2.45) is 0 Å². The molecule has 0 saturated carbocycles. The Balaban J connectivity index is 0.000000344. The van der Waals surface area contributed by atoms with Crippen LogP contribution in [0.3, 0.4) is 0 Å². The Morgan fingerprint density at radius 1 is 0.549 bits per heavy atom. The van der Waals surface area contributed by atoms with Crippen LogP contribution in [0.5, 0.6) is 0 Å². The fourth-order valence-electron chi connectivity index (χ4n) is 12.6. The minimum atomic E-state index is -4.12. The van der Waals surface area contributed by atoms with Crippen LogP contribution >= 0.6 is 36.2 Å². The van der Waals surface area contributed by atoms with E-state index in [4.69, 9.17) is 28.4 Å². The number of amides is 5. The zero-order chi connectivity index (χ0) is 86.6. The van der Waals surface area contributed by atoms with Gasteiger partial charge >= 0.3 is 23.3 Å². The molecule has 41 heteroatoms. The van der Waals surface area contributed by atoms with E-state index in [1.54, 1.807) is 117 Å². The molecule has 0 unspecified atom stereocenters. The van der Waals surface area contributed by atoms with Gasteiger partial charge in [-0.1, -0.05) is 31.2 Å². The second-order valence-corrected chi connectivity index (χ2v) is 34.2. The van der Waals surface area contributed by atoms with E-state index in [0.717, 1.165) is 22.0 Å². The van der Waals surface area contributed by atoms with E-state index >= 15 is 0 Å². The third-order valence-electron chi connectivity index (χ3n) is 18.8. The molecule has 8 heterocycles. The normalized spacial score (nSPS) is 15.1. The number of thioether (sulfide) groups is 2. The molecule has 0 spiro atoms. The summed E-state index contributed by atoms with van der Waals surface area (Å²) in [5.74, 6) is -3.69. The summed E-state index contributed by atoms with van der Waals surface area (Å²) < 4.78 is 64.8. The number of imidazole rings is 2. The molecular formula is C81H111N15O22S4. The van der Waals surface area contributed by atoms with Crippen molar-refractivity contribution in [1.29, 1.82) is 0 Å². The van der Waals surface area contributed by atoms with Gasteiger partial charge in [-0.3, -0.25) is 53.2 Å². The zero-order valence-electron chi connectivity index (χ0n) is 69.0. The number of Topliss-reactive ketones (excluding diaryl/α,β-unsaturated/α-hetero) is 1. The lowest BCUT2D eigenvalue weighted by molar-refractivity contribution is -0.142. The number of pyridine rings is 4. The number of rotatable bonds is 47. The number of fused-ring (bicyclic) bond motifs is 2. The van der Waals surface area contributed by atoms with Gasteiger partial charge in [-0.05, 0) is 138 Å². The molecule has 0 radical (unpaired) electrons. The van der Waals surface area contributed by atoms with Crippen molar-refractivity contribution in [3.05, 3.63) is 166 Å². The summed E-state index contributed by atoms with van der Waals surface area (Å²) in [6.45, 7) is 16.9. The zero-order valence-corrected chi connectivity index (χ0v) is 72.4. The SMILES string of the molecule is CCCNC(=O)CCOCCOCCCC(=O)Cn1c(=O)n(-c2ccc(C[C@H](NC(=O)[C@H]3N(S(=O)(=O)c4cccnc4)CSC3(C)C)C(=O)O)cc2)c2ncccc21.CCOCCOCCCNC(=O)CCOCCOCCNC(=O)Cn1c(=O)n(-c2ccc(C[C@H](NC(=O)[C@H]3NCSC3(C)C)C(=O)O)cc2)c2ncccc21.O.O.Sc1cccnc1. The Bertz CT molecular complexity index is 4910. The van der Waals surface area contributed by atoms with Crippen LogP contribution in [0.4, 0.5) is 0 Å². The number of ether oxygens (including phenoxy) is 6. The van der Waals surface area contributed by atoms with Crippen molar-refractivity contribution < 1.29 is 96.4 Å². The first kappa shape index (κ1) is 101. The van der Waals surface area contributed by atoms with Gasteiger partial charge < -0.3 is 76.2 Å². The molecule has 2 aliphatic heterocycles. The van der Waals surface area contributed by atoms with Crippen molar-refractivity contribution in [2.45, 2.75) is 149 Å². The number of ketones is 1. The van der Waals surface area contributed by atoms with Crippen LogP contribution in [0, 0.1) is 0 Å². The minimum Gasteiger partial charge on any atom is -0.480 e. The van der Waals surface area contributed by atoms with Crippen molar-refractivity contribution >= 4 is 116 Å². The summed E-state index contributed by atoms with van der Waals surface area (Å²) in [5.41, 5.74) is 2.74. The maximum absolute atomic E-state index is 13.8. The number of nitrogens with one attached hydrogen (secondary N) is 6. The highest BCUT2D eigenvalue weighted by atomic mass is 32.2. The third kappa shape index (κ3) is 30.6. The Labute approximate surface area is 720 Å². The number of carboxylic acids is 2. The summed E-state index contributed by atoms with van der Waals surface area (Å²) in [4.78, 5) is 145. The summed E-state index contributed by atoms with van der Waals surface area (Å²) >= 11 is 6.89. The van der Waals surface area contributed by atoms with Gasteiger partial charge in [0.05, 0.1) is 94.3 Å². The highest BCUT2D eigenvalue weighted by molar-refractivity contribution is 8.02. The van der Waals surface area contributed by atoms with Crippen LogP contribution < -0.4 is 43.3 Å². The van der Waals surface area contributed by atoms with Gasteiger partial charge in [0.1, 0.15) is 35.6 Å². The van der Waals surface area contributed by atoms with Crippen LogP contribution in [0.1, 0.15) is 91.2 Å². The van der Waals surface area contributed by atoms with Crippen LogP contribution in [0.2, 0.25) is 0 Å². The second kappa shape index (κ2) is 51.3. The number of benzene rings is 2. The highest BCUT2D eigenvalue weighted by Crippen LogP contribution is 2.42. The number of aliphatic carboxylic acids is 2. The van der Waals surface area contributed by atoms with Crippen LogP contribution in [-0.4, -0.2) is 264 Å². The Kier molecular flexibility index (Phi) is 42.4. The standard InChI is InChI=1S/C39H49N7O10S2.C37H53N7O10S.C5H5NS.2H2O/c1-4-16-41-33(48)15-20-56-22-21-55-19-7-8-29(47)25-44-32-10-6-18-42-35(32)46(38(44)52)28-13-11-27(12-14-28)23-31(37(50)51)43-36(49)34-39(2,3)57-26-45(34)58(53,54)30-9-5-17-40-24-30;1-4-51-19-20-52-16-6-14-38-30(45)12-17-53-21-22-54-18-15-39-31(46)24-43-29-7-5-13-40-33(29)44(36(43)50)27-10-8-26(9-11-27)23-28(35(48)49)42-34(47)32-37(2,3)55-25-41-32;7-5-2-1-3-6-4-5;;/h5-6,9-14,17-18,24,31,34H,4,7-8,15-16,19-23,25-26H2,1-3H3,(H,41,48)(H,43,49)(H,50,51);5,7-11,13,28,32,41H,4,6,12,14-25H2,1-3H3,(H,38,45)(H,39,46)(H,42,47)(H,48,49);1-4,7H;2*1H2/t31-,34+;28-,32+;;;/m00.../s1. The van der Waals surface area contributed by atoms with Crippen molar-refractivity contribution in [2.75, 3.05) is 111 Å². The van der Waals surface area contributed by atoms with Gasteiger partial charge in [-0.25, -0.2) is 46.7 Å². The average molecular weight is 1780 g/mol. The predicted molar refractivity (Wildman–Crippen MR) is 461 cm³/mol. The number of carbonyl (C=O) groups is 8. The third-order valence-corrected chi connectivity index (χ3v) is 23.7. The second-order valence-electron chi connectivity index (χ2n) is 28.5. The molecule has 0 aliphatic carbocycles. The largest absolute Gasteiger partial charge is 0.480 e. The molecule has 666 valence electrons. The maximum Gasteiger partial charge on any atom is 0.335 e. The molecule has 2 aliphatic rings. The van der Waals surface area contributed by atoms with Gasteiger partial charge in [-0.2, -0.15) is 4.31 Å². The van der Waals surface area contributed by atoms with Crippen LogP contribution in [0.15, 0.2) is 154 Å². The molecular weight excluding hydrogens is 1660 g/mol. The topological polar surface area (TPSA) is 510 Å². The van der Waals surface area contributed by atoms with E-state index in [-0.39, 0.29) is 127 Å². The lowest BCUT2D eigenvalue weighted by Crippen LogP contribution is -2.56. The number of carbonyl (C=O) groups excluding carboxylic acids is 6. The molecule has 2 saturated heterocycles. The quantitative estimate of drug-likeness (QED) is 0.0195. The van der Waals surface area contributed by atoms with Crippen molar-refractivity contribution in [3.63, 3.8) is 0 Å². The lowest BCUT2D eigenvalue weighted by Gasteiger charge is -2.30. The summed E-state index contributed by atoms with van der Waals surface area (Å²) in [5, 5.41) is 36.7. The van der Waals surface area contributed by atoms with Crippen LogP contribution in [0.25, 0.3) is 33.7 Å². The molecule has 12 N–H and O–H groups in total. The van der Waals surface area contributed by atoms with Gasteiger partial charge in [0.2, 0.25) is 39.6 Å². The molecule has 8 aromatic rings. The van der Waals surface area contributed by atoms with E-state index < -0.39 is 68.2 Å². The smallest absolute Gasteiger partial charge is 0.335 e. The fraction of sp³-hybridized carbons (Fsp3) is 0.481. The first-order valence-corrected chi connectivity index (χ1v) is 43.2. The first-order chi connectivity index (χ1) is 57.6. The molecule has 2 aromatic carbocycles. The first-order valence-electron chi connectivity index (χ1n) is 39.3. The highest BCUT2D eigenvalue weighted by Gasteiger charge is 2.52. The number of sulfonamides is 1. The van der Waals surface area contributed by atoms with E-state index in [2.05, 4.69) is 64.5 Å². The summed E-state index contributed by atoms with van der Waals surface area (Å²) in [6.07, 6.45) is 11.8. The number of aromatic nitrogens is 8. The summed E-state index contributed by atoms with van der Waals surface area (Å²) in [6, 6.07) is 22.4. The van der Waals surface area contributed by atoms with Gasteiger partial charge in [0.15, 0.2) is 17.1 Å². The predicted octanol–water partition coefficient (Wildman–Crippen LogP) is 3.10. The Hall–Kier alpha value is -9.86. The monoisotopic (exact) mass is 1770 g/mol. The van der Waals surface area contributed by atoms with Gasteiger partial charge in [0, 0.05) is 129 Å². The molecule has 10 rings (SSSR count). The number of thiol groups is 1. The van der Waals surface area contributed by atoms with Crippen molar-refractivity contribution in [3.8, 4) is 11.4 Å². The van der Waals surface area contributed by atoms with E-state index in [0.29, 0.717) is 130 Å². The average Bonchev–Trinajstić information content (AvgIpc) is 1.57. The fourth-order valence-corrected chi connectivity index (χ4v) is 16.8. The number of carboxylic acid groups (broad SMARTS) is 2. The number of hydrogen-bond acceptors (Lipinski definition) is 26. The Morgan fingerprint density at radius 2 is 1.03 bits per heavy atom. The number of hydrogen-bond donors (Lipinski definition) is 9. The lowest BCUT2D eigenvalue weighted by atomic mass is 10.0. The van der Waals surface area contributed by atoms with Gasteiger partial charge in [-0.15, -0.1) is 36.2 Å². The molecule has 0 bridgehead atoms. The van der Waals surface area contributed by atoms with Gasteiger partial charge in [0.25, 0.3) is 0 Å². The number of nitrogens with zero attached hydrogens (tertiary/aromatic N) is 9. The molecule has 5 amide bonds. The van der Waals surface area contributed by atoms with E-state index in [1.165, 1.54) is 60.8 Å². The van der Waals surface area contributed by atoms with E-state index in [9.17, 15) is 66.6 Å². The summed E-state index contributed by atoms with van der Waals surface area (Å²) in [7, 11) is -4.12.